The van der Waals surface area contributed by atoms with E-state index in [0.29, 0.717) is 0 Å². The Bertz CT molecular complexity index is 740. The van der Waals surface area contributed by atoms with E-state index < -0.39 is 0 Å². The molecule has 2 aromatic carbocycles. The minimum atomic E-state index is -0.241. The Morgan fingerprint density at radius 1 is 1.19 bits per heavy atom. The molecule has 0 saturated heterocycles. The Labute approximate surface area is 126 Å². The summed E-state index contributed by atoms with van der Waals surface area (Å²) in [5, 5.41) is 3.97. The van der Waals surface area contributed by atoms with E-state index in [0.717, 1.165) is 39.8 Å². The first-order valence-electron chi connectivity index (χ1n) is 6.80. The summed E-state index contributed by atoms with van der Waals surface area (Å²) in [6.07, 6.45) is 0.988. The Hall–Kier alpha value is -2.14. The molecule has 0 bridgehead atoms. The van der Waals surface area contributed by atoms with Gasteiger partial charge in [0, 0.05) is 5.69 Å². The monoisotopic (exact) mass is 302 g/mol. The van der Waals surface area contributed by atoms with Crippen LogP contribution in [-0.4, -0.2) is 11.6 Å². The topological polar surface area (TPSA) is 34.1 Å². The zero-order chi connectivity index (χ0) is 14.7. The van der Waals surface area contributed by atoms with Crippen LogP contribution < -0.4 is 10.1 Å². The number of aromatic nitrogens is 1. The van der Waals surface area contributed by atoms with Crippen molar-refractivity contribution in [3.8, 4) is 5.75 Å². The lowest BCUT2D eigenvalue weighted by Gasteiger charge is -2.06. The number of hydrogen-bond donors (Lipinski definition) is 1. The molecule has 3 rings (SSSR count). The van der Waals surface area contributed by atoms with E-state index in [1.807, 2.05) is 24.3 Å². The SMILES string of the molecule is CCCOc1ccc(Nc2nc3ccc(F)cc3s2)cc1. The molecule has 0 aliphatic carbocycles. The average Bonchev–Trinajstić information content (AvgIpc) is 2.88. The maximum Gasteiger partial charge on any atom is 0.188 e. The van der Waals surface area contributed by atoms with E-state index in [4.69, 9.17) is 4.74 Å². The highest BCUT2D eigenvalue weighted by molar-refractivity contribution is 7.22. The van der Waals surface area contributed by atoms with Crippen LogP contribution in [0.15, 0.2) is 42.5 Å². The number of rotatable bonds is 5. The standard InChI is InChI=1S/C16H15FN2OS/c1-2-9-20-13-6-4-12(5-7-13)18-16-19-14-8-3-11(17)10-15(14)21-16/h3-8,10H,2,9H2,1H3,(H,18,19). The number of anilines is 2. The van der Waals surface area contributed by atoms with Crippen LogP contribution in [0.5, 0.6) is 5.75 Å². The normalized spacial score (nSPS) is 10.8. The molecule has 1 heterocycles. The van der Waals surface area contributed by atoms with Crippen LogP contribution in [0.1, 0.15) is 13.3 Å². The second-order valence-corrected chi connectivity index (χ2v) is 5.66. The van der Waals surface area contributed by atoms with Gasteiger partial charge in [-0.05, 0) is 48.9 Å². The summed E-state index contributed by atoms with van der Waals surface area (Å²) in [5.74, 6) is 0.615. The fourth-order valence-electron chi connectivity index (χ4n) is 1.93. The molecule has 21 heavy (non-hydrogen) atoms. The van der Waals surface area contributed by atoms with Gasteiger partial charge in [-0.2, -0.15) is 0 Å². The molecule has 5 heteroatoms. The summed E-state index contributed by atoms with van der Waals surface area (Å²) in [6.45, 7) is 2.79. The third kappa shape index (κ3) is 3.31. The Morgan fingerprint density at radius 2 is 2.00 bits per heavy atom. The molecule has 0 amide bonds. The van der Waals surface area contributed by atoms with E-state index in [1.165, 1.54) is 23.5 Å². The van der Waals surface area contributed by atoms with Crippen molar-refractivity contribution in [3.63, 3.8) is 0 Å². The van der Waals surface area contributed by atoms with Crippen LogP contribution in [0.25, 0.3) is 10.2 Å². The highest BCUT2D eigenvalue weighted by Crippen LogP contribution is 2.29. The van der Waals surface area contributed by atoms with Crippen LogP contribution in [-0.2, 0) is 0 Å². The first kappa shape index (κ1) is 13.8. The lowest BCUT2D eigenvalue weighted by Crippen LogP contribution is -1.95. The molecule has 1 N–H and O–H groups in total. The molecule has 3 aromatic rings. The lowest BCUT2D eigenvalue weighted by atomic mass is 10.3. The van der Waals surface area contributed by atoms with Crippen molar-refractivity contribution >= 4 is 32.4 Å². The van der Waals surface area contributed by atoms with Gasteiger partial charge in [0.2, 0.25) is 0 Å². The maximum atomic E-state index is 13.2. The van der Waals surface area contributed by atoms with Gasteiger partial charge in [0.1, 0.15) is 11.6 Å². The van der Waals surface area contributed by atoms with E-state index in [-0.39, 0.29) is 5.82 Å². The number of halogens is 1. The number of thiazole rings is 1. The predicted molar refractivity (Wildman–Crippen MR) is 85.1 cm³/mol. The van der Waals surface area contributed by atoms with Gasteiger partial charge in [-0.25, -0.2) is 9.37 Å². The van der Waals surface area contributed by atoms with Crippen molar-refractivity contribution in [2.24, 2.45) is 0 Å². The highest BCUT2D eigenvalue weighted by Gasteiger charge is 2.05. The zero-order valence-corrected chi connectivity index (χ0v) is 12.4. The Morgan fingerprint density at radius 3 is 2.76 bits per heavy atom. The molecule has 3 nitrogen and oxygen atoms in total. The molecular weight excluding hydrogens is 287 g/mol. The van der Waals surface area contributed by atoms with Crippen molar-refractivity contribution in [3.05, 3.63) is 48.3 Å². The fraction of sp³-hybridized carbons (Fsp3) is 0.188. The van der Waals surface area contributed by atoms with Crippen LogP contribution >= 0.6 is 11.3 Å². The van der Waals surface area contributed by atoms with Crippen molar-refractivity contribution in [2.45, 2.75) is 13.3 Å². The van der Waals surface area contributed by atoms with Gasteiger partial charge in [-0.15, -0.1) is 0 Å². The van der Waals surface area contributed by atoms with Crippen molar-refractivity contribution in [1.82, 2.24) is 4.98 Å². The van der Waals surface area contributed by atoms with Crippen molar-refractivity contribution in [2.75, 3.05) is 11.9 Å². The molecule has 0 atom stereocenters. The Kier molecular flexibility index (Phi) is 4.01. The third-order valence-electron chi connectivity index (χ3n) is 2.93. The molecule has 0 spiro atoms. The quantitative estimate of drug-likeness (QED) is 0.722. The number of ether oxygens (including phenoxy) is 1. The number of nitrogens with one attached hydrogen (secondary N) is 1. The number of nitrogens with zero attached hydrogens (tertiary/aromatic N) is 1. The van der Waals surface area contributed by atoms with E-state index >= 15 is 0 Å². The number of hydrogen-bond acceptors (Lipinski definition) is 4. The molecule has 1 aromatic heterocycles. The van der Waals surface area contributed by atoms with E-state index in [2.05, 4.69) is 17.2 Å². The maximum absolute atomic E-state index is 13.2. The first-order valence-corrected chi connectivity index (χ1v) is 7.62. The third-order valence-corrected chi connectivity index (χ3v) is 3.86. The predicted octanol–water partition coefficient (Wildman–Crippen LogP) is 4.97. The summed E-state index contributed by atoms with van der Waals surface area (Å²) < 4.78 is 19.5. The smallest absolute Gasteiger partial charge is 0.188 e. The lowest BCUT2D eigenvalue weighted by molar-refractivity contribution is 0.317. The van der Waals surface area contributed by atoms with Crippen molar-refractivity contribution in [1.29, 1.82) is 0 Å². The molecular formula is C16H15FN2OS. The van der Waals surface area contributed by atoms with E-state index in [1.54, 1.807) is 6.07 Å². The summed E-state index contributed by atoms with van der Waals surface area (Å²) >= 11 is 1.43. The Balaban J connectivity index is 1.75. The first-order chi connectivity index (χ1) is 10.2. The van der Waals surface area contributed by atoms with Gasteiger partial charge in [0.15, 0.2) is 5.13 Å². The minimum absolute atomic E-state index is 0.241. The molecule has 0 saturated carbocycles. The van der Waals surface area contributed by atoms with Crippen LogP contribution in [0.2, 0.25) is 0 Å². The van der Waals surface area contributed by atoms with Crippen molar-refractivity contribution < 1.29 is 9.13 Å². The van der Waals surface area contributed by atoms with Gasteiger partial charge in [0.05, 0.1) is 16.8 Å². The number of fused-ring (bicyclic) bond motifs is 1. The second-order valence-electron chi connectivity index (χ2n) is 4.63. The highest BCUT2D eigenvalue weighted by atomic mass is 32.1. The van der Waals surface area contributed by atoms with Gasteiger partial charge in [0.25, 0.3) is 0 Å². The summed E-state index contributed by atoms with van der Waals surface area (Å²) in [7, 11) is 0. The van der Waals surface area contributed by atoms with Gasteiger partial charge in [-0.3, -0.25) is 0 Å². The van der Waals surface area contributed by atoms with E-state index in [9.17, 15) is 4.39 Å². The van der Waals surface area contributed by atoms with Gasteiger partial charge in [-0.1, -0.05) is 18.3 Å². The minimum Gasteiger partial charge on any atom is -0.494 e. The molecule has 0 radical (unpaired) electrons. The zero-order valence-electron chi connectivity index (χ0n) is 11.6. The van der Waals surface area contributed by atoms with Gasteiger partial charge >= 0.3 is 0 Å². The van der Waals surface area contributed by atoms with Crippen LogP contribution in [0, 0.1) is 5.82 Å². The van der Waals surface area contributed by atoms with Gasteiger partial charge < -0.3 is 10.1 Å². The molecule has 0 aliphatic rings. The summed E-state index contributed by atoms with van der Waals surface area (Å²) in [4.78, 5) is 4.43. The summed E-state index contributed by atoms with van der Waals surface area (Å²) in [6, 6.07) is 12.3. The van der Waals surface area contributed by atoms with Crippen LogP contribution in [0.4, 0.5) is 15.2 Å². The van der Waals surface area contributed by atoms with Crippen LogP contribution in [0.3, 0.4) is 0 Å². The summed E-state index contributed by atoms with van der Waals surface area (Å²) in [5.41, 5.74) is 1.73. The second kappa shape index (κ2) is 6.10. The largest absolute Gasteiger partial charge is 0.494 e. The number of benzene rings is 2. The molecule has 0 unspecified atom stereocenters. The molecule has 0 aliphatic heterocycles. The average molecular weight is 302 g/mol. The molecule has 0 fully saturated rings. The fourth-order valence-corrected chi connectivity index (χ4v) is 2.84. The molecule has 108 valence electrons.